The average Bonchev–Trinajstić information content (AvgIpc) is 3.19. The van der Waals surface area contributed by atoms with Crippen LogP contribution in [-0.4, -0.2) is 54.5 Å². The molecule has 7 nitrogen and oxygen atoms in total. The molecule has 1 aromatic carbocycles. The number of piperidine rings is 1. The van der Waals surface area contributed by atoms with Crippen LogP contribution in [-0.2, 0) is 4.74 Å². The highest BCUT2D eigenvalue weighted by Crippen LogP contribution is 2.27. The number of carbonyl (C=O) groups is 2. The summed E-state index contributed by atoms with van der Waals surface area (Å²) in [5, 5.41) is 2.96. The van der Waals surface area contributed by atoms with Crippen molar-refractivity contribution in [3.63, 3.8) is 0 Å². The van der Waals surface area contributed by atoms with Crippen molar-refractivity contribution in [2.45, 2.75) is 26.2 Å². The molecule has 1 aromatic heterocycles. The van der Waals surface area contributed by atoms with Gasteiger partial charge in [0.15, 0.2) is 17.8 Å². The van der Waals surface area contributed by atoms with E-state index < -0.39 is 5.97 Å². The second-order valence-corrected chi connectivity index (χ2v) is 6.45. The molecule has 0 radical (unpaired) electrons. The van der Waals surface area contributed by atoms with E-state index in [0.29, 0.717) is 17.7 Å². The Kier molecular flexibility index (Phi) is 6.59. The minimum Gasteiger partial charge on any atom is -0.461 e. The summed E-state index contributed by atoms with van der Waals surface area (Å²) >= 11 is 0. The molecule has 3 rings (SSSR count). The topological polar surface area (TPSA) is 84.7 Å². The minimum atomic E-state index is -0.568. The molecule has 1 amide bonds. The van der Waals surface area contributed by atoms with Crippen LogP contribution in [0, 0.1) is 0 Å². The molecule has 2 aromatic rings. The minimum absolute atomic E-state index is 0.0745. The molecule has 7 heteroatoms. The van der Waals surface area contributed by atoms with Crippen LogP contribution in [0.25, 0.3) is 11.3 Å². The molecule has 2 heterocycles. The van der Waals surface area contributed by atoms with Crippen LogP contribution in [0.3, 0.4) is 0 Å². The van der Waals surface area contributed by atoms with Gasteiger partial charge in [-0.1, -0.05) is 24.6 Å². The fourth-order valence-corrected chi connectivity index (χ4v) is 3.27. The van der Waals surface area contributed by atoms with Gasteiger partial charge in [-0.05, 0) is 38.9 Å². The van der Waals surface area contributed by atoms with Gasteiger partial charge in [0.05, 0.1) is 12.2 Å². The van der Waals surface area contributed by atoms with Crippen molar-refractivity contribution in [3.8, 4) is 11.3 Å². The molecule has 0 saturated carbocycles. The van der Waals surface area contributed by atoms with Gasteiger partial charge in [0.2, 0.25) is 0 Å². The molecule has 0 atom stereocenters. The molecule has 1 N–H and O–H groups in total. The summed E-state index contributed by atoms with van der Waals surface area (Å²) in [6.07, 6.45) is 4.92. The molecule has 1 saturated heterocycles. The lowest BCUT2D eigenvalue weighted by atomic mass is 10.0. The highest BCUT2D eigenvalue weighted by molar-refractivity contribution is 6.03. The number of aromatic nitrogens is 1. The Morgan fingerprint density at radius 2 is 2.00 bits per heavy atom. The van der Waals surface area contributed by atoms with Crippen molar-refractivity contribution in [2.75, 3.05) is 32.8 Å². The number of amides is 1. The predicted molar refractivity (Wildman–Crippen MR) is 101 cm³/mol. The maximum absolute atomic E-state index is 12.7. The smallest absolute Gasteiger partial charge is 0.360 e. The van der Waals surface area contributed by atoms with E-state index in [1.54, 1.807) is 31.2 Å². The first-order valence-corrected chi connectivity index (χ1v) is 9.41. The third-order valence-corrected chi connectivity index (χ3v) is 4.61. The Morgan fingerprint density at radius 3 is 2.78 bits per heavy atom. The highest BCUT2D eigenvalue weighted by atomic mass is 16.5. The zero-order chi connectivity index (χ0) is 19.1. The zero-order valence-corrected chi connectivity index (χ0v) is 15.6. The number of likely N-dealkylation sites (tertiary alicyclic amines) is 1. The Balaban J connectivity index is 1.71. The number of carbonyl (C=O) groups excluding carboxylic acids is 2. The summed E-state index contributed by atoms with van der Waals surface area (Å²) in [7, 11) is 0. The van der Waals surface area contributed by atoms with Crippen molar-refractivity contribution in [1.82, 2.24) is 15.2 Å². The Hall–Kier alpha value is -2.67. The van der Waals surface area contributed by atoms with Gasteiger partial charge in [-0.25, -0.2) is 9.78 Å². The molecule has 0 bridgehead atoms. The number of benzene rings is 1. The number of nitrogens with one attached hydrogen (secondary N) is 1. The molecular weight excluding hydrogens is 346 g/mol. The first-order chi connectivity index (χ1) is 13.2. The maximum Gasteiger partial charge on any atom is 0.360 e. The summed E-state index contributed by atoms with van der Waals surface area (Å²) in [5.41, 5.74) is 1.04. The Bertz CT molecular complexity index is 781. The molecule has 0 aliphatic carbocycles. The SMILES string of the molecule is CCOC(=O)c1ncoc1-c1ccccc1C(=O)NCCN1CCCCC1. The summed E-state index contributed by atoms with van der Waals surface area (Å²) < 4.78 is 10.4. The fourth-order valence-electron chi connectivity index (χ4n) is 3.27. The van der Waals surface area contributed by atoms with Crippen LogP contribution < -0.4 is 5.32 Å². The van der Waals surface area contributed by atoms with Crippen LogP contribution in [0.15, 0.2) is 35.1 Å². The van der Waals surface area contributed by atoms with Crippen molar-refractivity contribution < 1.29 is 18.7 Å². The highest BCUT2D eigenvalue weighted by Gasteiger charge is 2.23. The molecular formula is C20H25N3O4. The molecule has 1 fully saturated rings. The summed E-state index contributed by atoms with van der Waals surface area (Å²) in [4.78, 5) is 31.1. The van der Waals surface area contributed by atoms with E-state index in [1.165, 1.54) is 25.7 Å². The number of oxazole rings is 1. The van der Waals surface area contributed by atoms with Crippen LogP contribution in [0.5, 0.6) is 0 Å². The van der Waals surface area contributed by atoms with Gasteiger partial charge in [0, 0.05) is 18.7 Å². The van der Waals surface area contributed by atoms with Gasteiger partial charge in [-0.3, -0.25) is 4.79 Å². The lowest BCUT2D eigenvalue weighted by Crippen LogP contribution is -2.37. The maximum atomic E-state index is 12.7. The first kappa shape index (κ1) is 19.1. The Morgan fingerprint density at radius 1 is 1.22 bits per heavy atom. The first-order valence-electron chi connectivity index (χ1n) is 9.41. The molecule has 27 heavy (non-hydrogen) atoms. The van der Waals surface area contributed by atoms with Gasteiger partial charge < -0.3 is 19.4 Å². The van der Waals surface area contributed by atoms with Gasteiger partial charge in [0.25, 0.3) is 5.91 Å². The zero-order valence-electron chi connectivity index (χ0n) is 15.6. The van der Waals surface area contributed by atoms with Crippen molar-refractivity contribution in [2.24, 2.45) is 0 Å². The van der Waals surface area contributed by atoms with Gasteiger partial charge >= 0.3 is 5.97 Å². The summed E-state index contributed by atoms with van der Waals surface area (Å²) in [5.74, 6) is -0.523. The second kappa shape index (κ2) is 9.32. The van der Waals surface area contributed by atoms with E-state index in [9.17, 15) is 9.59 Å². The van der Waals surface area contributed by atoms with Crippen LogP contribution in [0.4, 0.5) is 0 Å². The van der Waals surface area contributed by atoms with Crippen LogP contribution >= 0.6 is 0 Å². The third kappa shape index (κ3) is 4.74. The molecule has 144 valence electrons. The molecule has 1 aliphatic rings. The van der Waals surface area contributed by atoms with E-state index >= 15 is 0 Å². The second-order valence-electron chi connectivity index (χ2n) is 6.45. The van der Waals surface area contributed by atoms with Gasteiger partial charge in [0.1, 0.15) is 0 Å². The summed E-state index contributed by atoms with van der Waals surface area (Å²) in [6.45, 7) is 5.56. The molecule has 1 aliphatic heterocycles. The normalized spacial score (nSPS) is 14.7. The number of hydrogen-bond donors (Lipinski definition) is 1. The quantitative estimate of drug-likeness (QED) is 0.754. The predicted octanol–water partition coefficient (Wildman–Crippen LogP) is 2.73. The van der Waals surface area contributed by atoms with E-state index in [0.717, 1.165) is 19.6 Å². The third-order valence-electron chi connectivity index (χ3n) is 4.61. The van der Waals surface area contributed by atoms with Crippen LogP contribution in [0.2, 0.25) is 0 Å². The van der Waals surface area contributed by atoms with Crippen LogP contribution in [0.1, 0.15) is 47.0 Å². The van der Waals surface area contributed by atoms with Gasteiger partial charge in [-0.15, -0.1) is 0 Å². The van der Waals surface area contributed by atoms with Crippen molar-refractivity contribution >= 4 is 11.9 Å². The van der Waals surface area contributed by atoms with Crippen molar-refractivity contribution in [3.05, 3.63) is 41.9 Å². The number of esters is 1. The summed E-state index contributed by atoms with van der Waals surface area (Å²) in [6, 6.07) is 7.02. The van der Waals surface area contributed by atoms with E-state index in [1.807, 2.05) is 0 Å². The van der Waals surface area contributed by atoms with E-state index in [-0.39, 0.29) is 24.0 Å². The monoisotopic (exact) mass is 371 g/mol. The van der Waals surface area contributed by atoms with Crippen molar-refractivity contribution in [1.29, 1.82) is 0 Å². The van der Waals surface area contributed by atoms with E-state index in [2.05, 4.69) is 15.2 Å². The van der Waals surface area contributed by atoms with Gasteiger partial charge in [-0.2, -0.15) is 0 Å². The largest absolute Gasteiger partial charge is 0.461 e. The number of rotatable bonds is 7. The molecule has 0 unspecified atom stereocenters. The Labute approximate surface area is 158 Å². The fraction of sp³-hybridized carbons (Fsp3) is 0.450. The number of hydrogen-bond acceptors (Lipinski definition) is 6. The number of nitrogens with zero attached hydrogens (tertiary/aromatic N) is 2. The standard InChI is InChI=1S/C20H25N3O4/c1-2-26-20(25)17-18(27-14-22-17)15-8-4-5-9-16(15)19(24)21-10-13-23-11-6-3-7-12-23/h4-5,8-9,14H,2-3,6-7,10-13H2,1H3,(H,21,24). The number of ether oxygens (including phenoxy) is 1. The lowest BCUT2D eigenvalue weighted by molar-refractivity contribution is 0.0520. The molecule has 0 spiro atoms. The lowest BCUT2D eigenvalue weighted by Gasteiger charge is -2.26. The average molecular weight is 371 g/mol. The van der Waals surface area contributed by atoms with E-state index in [4.69, 9.17) is 9.15 Å².